The Morgan fingerprint density at radius 2 is 1.33 bits per heavy atom. The summed E-state index contributed by atoms with van der Waals surface area (Å²) in [4.78, 5) is 21.6. The second-order valence-corrected chi connectivity index (χ2v) is 4.27. The van der Waals surface area contributed by atoms with Gasteiger partial charge in [-0.2, -0.15) is 4.89 Å². The van der Waals surface area contributed by atoms with Crippen LogP contribution in [0, 0.1) is 0 Å². The molecule has 0 spiro atoms. The molecule has 0 N–H and O–H groups in total. The third-order valence-electron chi connectivity index (χ3n) is 3.15. The van der Waals surface area contributed by atoms with Crippen molar-refractivity contribution < 1.29 is 14.6 Å². The molecule has 1 aliphatic rings. The molecule has 0 atom stereocenters. The fourth-order valence-corrected chi connectivity index (χ4v) is 2.26. The van der Waals surface area contributed by atoms with Crippen molar-refractivity contribution in [1.82, 2.24) is 0 Å². The van der Waals surface area contributed by atoms with Crippen molar-refractivity contribution in [3.05, 3.63) is 71.8 Å². The number of benzene rings is 2. The van der Waals surface area contributed by atoms with E-state index >= 15 is 0 Å². The van der Waals surface area contributed by atoms with Crippen LogP contribution in [0.3, 0.4) is 0 Å². The molecule has 3 heteroatoms. The highest BCUT2D eigenvalue weighted by molar-refractivity contribution is 5.73. The molecule has 1 heterocycles. The third kappa shape index (κ3) is 1.69. The quantitative estimate of drug-likeness (QED) is 0.757. The van der Waals surface area contributed by atoms with Gasteiger partial charge in [0.05, 0.1) is 6.42 Å². The molecule has 1 saturated heterocycles. The smallest absolute Gasteiger partial charge is 0.297 e. The summed E-state index contributed by atoms with van der Waals surface area (Å²) >= 11 is 0. The van der Waals surface area contributed by atoms with Crippen LogP contribution in [-0.2, 0) is 20.2 Å². The number of carbonyl (C=O) groups is 1. The predicted octanol–water partition coefficient (Wildman–Crippen LogP) is 2.81. The lowest BCUT2D eigenvalue weighted by Crippen LogP contribution is -2.26. The van der Waals surface area contributed by atoms with E-state index in [-0.39, 0.29) is 12.4 Å². The van der Waals surface area contributed by atoms with Crippen LogP contribution in [0.4, 0.5) is 0 Å². The molecule has 0 aliphatic carbocycles. The van der Waals surface area contributed by atoms with Crippen molar-refractivity contribution in [3.63, 3.8) is 0 Å². The van der Waals surface area contributed by atoms with Crippen molar-refractivity contribution in [1.29, 1.82) is 0 Å². The van der Waals surface area contributed by atoms with Crippen molar-refractivity contribution >= 4 is 5.97 Å². The molecule has 2 aromatic rings. The lowest BCUT2D eigenvalue weighted by molar-refractivity contribution is -0.287. The Labute approximate surface area is 105 Å². The molecular formula is C15H12O3. The molecule has 0 saturated carbocycles. The first-order valence-corrected chi connectivity index (χ1v) is 5.81. The Morgan fingerprint density at radius 3 is 1.72 bits per heavy atom. The van der Waals surface area contributed by atoms with Crippen molar-refractivity contribution in [2.45, 2.75) is 12.0 Å². The summed E-state index contributed by atoms with van der Waals surface area (Å²) in [7, 11) is 0. The maximum atomic E-state index is 11.5. The fourth-order valence-electron chi connectivity index (χ4n) is 2.26. The minimum absolute atomic E-state index is 0.195. The van der Waals surface area contributed by atoms with Crippen LogP contribution in [0.5, 0.6) is 0 Å². The predicted molar refractivity (Wildman–Crippen MR) is 65.5 cm³/mol. The van der Waals surface area contributed by atoms with Gasteiger partial charge in [0.15, 0.2) is 5.60 Å². The maximum Gasteiger partial charge on any atom is 0.346 e. The van der Waals surface area contributed by atoms with E-state index < -0.39 is 5.60 Å². The first-order valence-electron chi connectivity index (χ1n) is 5.81. The lowest BCUT2D eigenvalue weighted by Gasteiger charge is -2.24. The molecule has 90 valence electrons. The van der Waals surface area contributed by atoms with Gasteiger partial charge in [0.25, 0.3) is 0 Å². The number of hydrogen-bond donors (Lipinski definition) is 0. The SMILES string of the molecule is O=C1CC(c2ccccc2)(c2ccccc2)OO1. The first kappa shape index (κ1) is 11.0. The van der Waals surface area contributed by atoms with E-state index in [0.717, 1.165) is 11.1 Å². The van der Waals surface area contributed by atoms with Gasteiger partial charge in [-0.25, -0.2) is 4.79 Å². The molecule has 1 aliphatic heterocycles. The standard InChI is InChI=1S/C15H12O3/c16-14-11-15(18-17-14,12-7-3-1-4-8-12)13-9-5-2-6-10-13/h1-10H,11H2. The Kier molecular flexibility index (Phi) is 2.61. The summed E-state index contributed by atoms with van der Waals surface area (Å²) in [6.45, 7) is 0. The summed E-state index contributed by atoms with van der Waals surface area (Å²) in [5.41, 5.74) is 1.02. The summed E-state index contributed by atoms with van der Waals surface area (Å²) < 4.78 is 0. The highest BCUT2D eigenvalue weighted by atomic mass is 17.2. The maximum absolute atomic E-state index is 11.5. The zero-order valence-corrected chi connectivity index (χ0v) is 9.71. The van der Waals surface area contributed by atoms with E-state index in [1.807, 2.05) is 60.7 Å². The highest BCUT2D eigenvalue weighted by Crippen LogP contribution is 2.41. The van der Waals surface area contributed by atoms with Crippen LogP contribution in [-0.4, -0.2) is 5.97 Å². The molecule has 1 fully saturated rings. The monoisotopic (exact) mass is 240 g/mol. The summed E-state index contributed by atoms with van der Waals surface area (Å²) in [6.07, 6.45) is 0.195. The van der Waals surface area contributed by atoms with E-state index in [4.69, 9.17) is 9.78 Å². The summed E-state index contributed by atoms with van der Waals surface area (Å²) in [6, 6.07) is 19.3. The van der Waals surface area contributed by atoms with Crippen molar-refractivity contribution in [2.75, 3.05) is 0 Å². The average Bonchev–Trinajstić information content (AvgIpc) is 2.84. The molecule has 0 radical (unpaired) electrons. The Balaban J connectivity index is 2.14. The first-order chi connectivity index (χ1) is 8.81. The minimum Gasteiger partial charge on any atom is -0.297 e. The number of hydrogen-bond acceptors (Lipinski definition) is 3. The van der Waals surface area contributed by atoms with Crippen LogP contribution < -0.4 is 0 Å². The molecular weight excluding hydrogens is 228 g/mol. The number of rotatable bonds is 2. The van der Waals surface area contributed by atoms with E-state index in [0.29, 0.717) is 0 Å². The van der Waals surface area contributed by atoms with Crippen LogP contribution in [0.1, 0.15) is 17.5 Å². The van der Waals surface area contributed by atoms with Gasteiger partial charge in [-0.15, -0.1) is 0 Å². The van der Waals surface area contributed by atoms with Gasteiger partial charge in [-0.3, -0.25) is 4.89 Å². The largest absolute Gasteiger partial charge is 0.346 e. The van der Waals surface area contributed by atoms with Gasteiger partial charge < -0.3 is 0 Å². The van der Waals surface area contributed by atoms with Gasteiger partial charge in [-0.05, 0) is 11.1 Å². The number of carbonyl (C=O) groups excluding carboxylic acids is 1. The van der Waals surface area contributed by atoms with Crippen LogP contribution >= 0.6 is 0 Å². The zero-order chi connectivity index (χ0) is 12.4. The molecule has 18 heavy (non-hydrogen) atoms. The summed E-state index contributed by atoms with van der Waals surface area (Å²) in [5, 5.41) is 0. The van der Waals surface area contributed by atoms with Crippen molar-refractivity contribution in [2.24, 2.45) is 0 Å². The molecule has 3 nitrogen and oxygen atoms in total. The highest BCUT2D eigenvalue weighted by Gasteiger charge is 2.46. The van der Waals surface area contributed by atoms with E-state index in [1.165, 1.54) is 0 Å². The molecule has 2 aromatic carbocycles. The zero-order valence-electron chi connectivity index (χ0n) is 9.71. The lowest BCUT2D eigenvalue weighted by atomic mass is 9.84. The van der Waals surface area contributed by atoms with Crippen molar-refractivity contribution in [3.8, 4) is 0 Å². The van der Waals surface area contributed by atoms with E-state index in [9.17, 15) is 4.79 Å². The topological polar surface area (TPSA) is 35.5 Å². The second-order valence-electron chi connectivity index (χ2n) is 4.27. The van der Waals surface area contributed by atoms with Crippen LogP contribution in [0.15, 0.2) is 60.7 Å². The minimum atomic E-state index is -0.820. The Morgan fingerprint density at radius 1 is 0.833 bits per heavy atom. The van der Waals surface area contributed by atoms with Gasteiger partial charge in [0.2, 0.25) is 0 Å². The summed E-state index contributed by atoms with van der Waals surface area (Å²) in [5.74, 6) is -0.345. The molecule has 0 aromatic heterocycles. The second kappa shape index (κ2) is 4.27. The van der Waals surface area contributed by atoms with Gasteiger partial charge in [0.1, 0.15) is 0 Å². The average molecular weight is 240 g/mol. The Bertz CT molecular complexity index is 509. The van der Waals surface area contributed by atoms with E-state index in [1.54, 1.807) is 0 Å². The molecule has 0 unspecified atom stereocenters. The van der Waals surface area contributed by atoms with Gasteiger partial charge >= 0.3 is 5.97 Å². The fraction of sp³-hybridized carbons (Fsp3) is 0.133. The molecule has 0 amide bonds. The van der Waals surface area contributed by atoms with Gasteiger partial charge in [0, 0.05) is 0 Å². The molecule has 0 bridgehead atoms. The van der Waals surface area contributed by atoms with Crippen LogP contribution in [0.2, 0.25) is 0 Å². The van der Waals surface area contributed by atoms with Gasteiger partial charge in [-0.1, -0.05) is 60.7 Å². The third-order valence-corrected chi connectivity index (χ3v) is 3.15. The molecule has 3 rings (SSSR count). The van der Waals surface area contributed by atoms with Crippen LogP contribution in [0.25, 0.3) is 0 Å². The van der Waals surface area contributed by atoms with E-state index in [2.05, 4.69) is 0 Å². The normalized spacial score (nSPS) is 17.4. The Hall–Kier alpha value is -2.13.